The molecule has 1 atom stereocenters. The molecule has 0 saturated carbocycles. The average Bonchev–Trinajstić information content (AvgIpc) is 2.58. The van der Waals surface area contributed by atoms with Gasteiger partial charge in [0.2, 0.25) is 11.8 Å². The number of aryl methyl sites for hydroxylation is 1. The lowest BCUT2D eigenvalue weighted by Gasteiger charge is -2.35. The Bertz CT molecular complexity index is 806. The normalized spacial score (nSPS) is 16.7. The summed E-state index contributed by atoms with van der Waals surface area (Å²) in [6.45, 7) is 3.89. The van der Waals surface area contributed by atoms with Crippen LogP contribution in [-0.4, -0.2) is 30.1 Å². The molecule has 26 heavy (non-hydrogen) atoms. The van der Waals surface area contributed by atoms with Crippen LogP contribution in [0.1, 0.15) is 18.2 Å². The number of nitrogens with one attached hydrogen (secondary N) is 1. The largest absolute Gasteiger partial charge is 0.469 e. The minimum Gasteiger partial charge on any atom is -0.469 e. The average molecular weight is 365 g/mol. The van der Waals surface area contributed by atoms with Crippen molar-refractivity contribution < 1.29 is 22.7 Å². The molecule has 0 spiro atoms. The van der Waals surface area contributed by atoms with Gasteiger partial charge in [-0.3, -0.25) is 4.79 Å². The van der Waals surface area contributed by atoms with Gasteiger partial charge in [-0.2, -0.15) is 13.2 Å². The molecule has 5 nitrogen and oxygen atoms in total. The van der Waals surface area contributed by atoms with Crippen LogP contribution in [0, 0.1) is 6.92 Å². The number of halogens is 3. The first-order valence-electron chi connectivity index (χ1n) is 8.07. The molecule has 0 bridgehead atoms. The number of carbonyl (C=O) groups is 1. The number of aromatic nitrogens is 1. The summed E-state index contributed by atoms with van der Waals surface area (Å²) in [6, 6.07) is 8.59. The fraction of sp³-hybridized carbons (Fsp3) is 0.333. The Labute approximate surface area is 148 Å². The number of carbonyl (C=O) groups excluding carboxylic acids is 1. The molecule has 0 aliphatic carbocycles. The maximum Gasteiger partial charge on any atom is 0.416 e. The number of pyridine rings is 1. The van der Waals surface area contributed by atoms with E-state index in [0.29, 0.717) is 23.8 Å². The number of hydrogen-bond acceptors (Lipinski definition) is 4. The van der Waals surface area contributed by atoms with Gasteiger partial charge < -0.3 is 15.0 Å². The first-order chi connectivity index (χ1) is 12.2. The van der Waals surface area contributed by atoms with Gasteiger partial charge >= 0.3 is 6.18 Å². The van der Waals surface area contributed by atoms with Crippen LogP contribution in [0.5, 0.6) is 5.88 Å². The highest BCUT2D eigenvalue weighted by molar-refractivity contribution is 5.73. The monoisotopic (exact) mass is 365 g/mol. The molecule has 3 rings (SSSR count). The molecule has 1 aliphatic heterocycles. The van der Waals surface area contributed by atoms with Crippen molar-refractivity contribution in [2.45, 2.75) is 26.1 Å². The Morgan fingerprint density at radius 1 is 1.27 bits per heavy atom. The zero-order valence-corrected chi connectivity index (χ0v) is 14.3. The Kier molecular flexibility index (Phi) is 4.76. The van der Waals surface area contributed by atoms with Gasteiger partial charge in [0.05, 0.1) is 18.7 Å². The molecule has 1 N–H and O–H groups in total. The molecule has 0 radical (unpaired) electrons. The van der Waals surface area contributed by atoms with E-state index < -0.39 is 11.7 Å². The lowest BCUT2D eigenvalue weighted by molar-refractivity contribution is -0.137. The van der Waals surface area contributed by atoms with Crippen molar-refractivity contribution in [1.29, 1.82) is 0 Å². The first kappa shape index (κ1) is 18.0. The number of ether oxygens (including phenoxy) is 1. The predicted molar refractivity (Wildman–Crippen MR) is 90.5 cm³/mol. The number of hydrogen-bond donors (Lipinski definition) is 1. The summed E-state index contributed by atoms with van der Waals surface area (Å²) in [4.78, 5) is 17.4. The summed E-state index contributed by atoms with van der Waals surface area (Å²) >= 11 is 0. The van der Waals surface area contributed by atoms with E-state index in [4.69, 9.17) is 4.74 Å². The molecule has 0 fully saturated rings. The van der Waals surface area contributed by atoms with Crippen molar-refractivity contribution in [3.63, 3.8) is 0 Å². The Balaban J connectivity index is 1.92. The number of nitrogens with zero attached hydrogens (tertiary/aromatic N) is 2. The predicted octanol–water partition coefficient (Wildman–Crippen LogP) is 3.44. The number of fused-ring (bicyclic) bond motifs is 1. The van der Waals surface area contributed by atoms with Gasteiger partial charge in [-0.15, -0.1) is 0 Å². The smallest absolute Gasteiger partial charge is 0.416 e. The molecular formula is C18H18F3N3O2. The minimum atomic E-state index is -4.38. The summed E-state index contributed by atoms with van der Waals surface area (Å²) in [5.41, 5.74) is 1.33. The van der Waals surface area contributed by atoms with E-state index in [1.54, 1.807) is 0 Å². The fourth-order valence-electron chi connectivity index (χ4n) is 2.75. The molecule has 1 aliphatic rings. The lowest BCUT2D eigenvalue weighted by atomic mass is 10.1. The van der Waals surface area contributed by atoms with Crippen LogP contribution in [0.4, 0.5) is 24.5 Å². The SMILES string of the molecule is CC(=O)NC[C@H]1CN(c2ccc(C(F)(F)F)cc2)c2ccc(C)nc2O1. The third kappa shape index (κ3) is 3.89. The highest BCUT2D eigenvalue weighted by Gasteiger charge is 2.32. The number of benzene rings is 1. The second kappa shape index (κ2) is 6.86. The summed E-state index contributed by atoms with van der Waals surface area (Å²) < 4.78 is 44.2. The number of alkyl halides is 3. The van der Waals surface area contributed by atoms with Gasteiger partial charge in [-0.25, -0.2) is 4.98 Å². The summed E-state index contributed by atoms with van der Waals surface area (Å²) in [6.07, 6.45) is -4.75. The third-order valence-corrected chi connectivity index (χ3v) is 4.02. The van der Waals surface area contributed by atoms with Crippen molar-refractivity contribution in [3.05, 3.63) is 47.7 Å². The first-order valence-corrected chi connectivity index (χ1v) is 8.07. The van der Waals surface area contributed by atoms with Crippen LogP contribution in [-0.2, 0) is 11.0 Å². The highest BCUT2D eigenvalue weighted by atomic mass is 19.4. The van der Waals surface area contributed by atoms with Crippen molar-refractivity contribution in [1.82, 2.24) is 10.3 Å². The van der Waals surface area contributed by atoms with E-state index in [9.17, 15) is 18.0 Å². The van der Waals surface area contributed by atoms with Crippen LogP contribution in [0.15, 0.2) is 36.4 Å². The Morgan fingerprint density at radius 3 is 2.58 bits per heavy atom. The van der Waals surface area contributed by atoms with E-state index in [2.05, 4.69) is 10.3 Å². The van der Waals surface area contributed by atoms with E-state index in [-0.39, 0.29) is 18.6 Å². The summed E-state index contributed by atoms with van der Waals surface area (Å²) in [5, 5.41) is 2.69. The molecule has 2 aromatic rings. The van der Waals surface area contributed by atoms with Gasteiger partial charge in [0.25, 0.3) is 0 Å². The number of rotatable bonds is 3. The highest BCUT2D eigenvalue weighted by Crippen LogP contribution is 2.38. The Hall–Kier alpha value is -2.77. The summed E-state index contributed by atoms with van der Waals surface area (Å²) in [5.74, 6) is 0.212. The number of amides is 1. The van der Waals surface area contributed by atoms with E-state index in [0.717, 1.165) is 17.8 Å². The zero-order chi connectivity index (χ0) is 18.9. The quantitative estimate of drug-likeness (QED) is 0.905. The molecular weight excluding hydrogens is 347 g/mol. The van der Waals surface area contributed by atoms with Gasteiger partial charge in [-0.1, -0.05) is 0 Å². The molecule has 0 unspecified atom stereocenters. The minimum absolute atomic E-state index is 0.183. The van der Waals surface area contributed by atoms with Crippen LogP contribution >= 0.6 is 0 Å². The van der Waals surface area contributed by atoms with Crippen LogP contribution < -0.4 is 15.0 Å². The summed E-state index contributed by atoms with van der Waals surface area (Å²) in [7, 11) is 0. The molecule has 1 aromatic carbocycles. The fourth-order valence-corrected chi connectivity index (χ4v) is 2.75. The second-order valence-electron chi connectivity index (χ2n) is 6.11. The van der Waals surface area contributed by atoms with Crippen LogP contribution in [0.2, 0.25) is 0 Å². The zero-order valence-electron chi connectivity index (χ0n) is 14.3. The van der Waals surface area contributed by atoms with Gasteiger partial charge in [0, 0.05) is 18.3 Å². The van der Waals surface area contributed by atoms with Crippen molar-refractivity contribution in [2.75, 3.05) is 18.0 Å². The van der Waals surface area contributed by atoms with E-state index >= 15 is 0 Å². The lowest BCUT2D eigenvalue weighted by Crippen LogP contribution is -2.44. The van der Waals surface area contributed by atoms with Gasteiger partial charge in [0.15, 0.2) is 0 Å². The molecule has 1 amide bonds. The molecule has 2 heterocycles. The van der Waals surface area contributed by atoms with Gasteiger partial charge in [0.1, 0.15) is 11.8 Å². The van der Waals surface area contributed by atoms with E-state index in [1.165, 1.54) is 19.1 Å². The standard InChI is InChI=1S/C18H18F3N3O2/c1-11-3-8-16-17(23-11)26-15(9-22-12(2)25)10-24(16)14-6-4-13(5-7-14)18(19,20)21/h3-8,15H,9-10H2,1-2H3,(H,22,25)/t15-/m0/s1. The maximum atomic E-state index is 12.8. The van der Waals surface area contributed by atoms with Gasteiger partial charge in [-0.05, 0) is 43.3 Å². The van der Waals surface area contributed by atoms with Crippen LogP contribution in [0.25, 0.3) is 0 Å². The van der Waals surface area contributed by atoms with Crippen molar-refractivity contribution in [2.24, 2.45) is 0 Å². The van der Waals surface area contributed by atoms with Crippen molar-refractivity contribution >= 4 is 17.3 Å². The molecule has 138 valence electrons. The molecule has 1 aromatic heterocycles. The second-order valence-corrected chi connectivity index (χ2v) is 6.11. The third-order valence-electron chi connectivity index (χ3n) is 4.02. The maximum absolute atomic E-state index is 12.8. The van der Waals surface area contributed by atoms with Crippen LogP contribution in [0.3, 0.4) is 0 Å². The molecule has 8 heteroatoms. The Morgan fingerprint density at radius 2 is 1.96 bits per heavy atom. The van der Waals surface area contributed by atoms with Crippen molar-refractivity contribution in [3.8, 4) is 5.88 Å². The number of anilines is 2. The topological polar surface area (TPSA) is 54.5 Å². The molecule has 0 saturated heterocycles. The van der Waals surface area contributed by atoms with E-state index in [1.807, 2.05) is 24.0 Å².